The zero-order valence-corrected chi connectivity index (χ0v) is 15.3. The van der Waals surface area contributed by atoms with Crippen molar-refractivity contribution in [1.82, 2.24) is 5.43 Å². The fraction of sp³-hybridized carbons (Fsp3) is 0.300. The van der Waals surface area contributed by atoms with Crippen LogP contribution in [0.3, 0.4) is 0 Å². The van der Waals surface area contributed by atoms with Gasteiger partial charge in [0.1, 0.15) is 0 Å². The maximum atomic E-state index is 12.1. The fourth-order valence-corrected chi connectivity index (χ4v) is 2.28. The SMILES string of the molecule is COc1ccc(C=NNC(=O)c2ccc(C(C)(C)C)cc2)cc1OC. The molecule has 0 fully saturated rings. The number of nitrogens with one attached hydrogen (secondary N) is 1. The molecular formula is C20H24N2O3. The fourth-order valence-electron chi connectivity index (χ4n) is 2.28. The number of rotatable bonds is 5. The molecule has 0 saturated carbocycles. The van der Waals surface area contributed by atoms with Crippen LogP contribution in [0.25, 0.3) is 0 Å². The summed E-state index contributed by atoms with van der Waals surface area (Å²) in [6.07, 6.45) is 1.56. The molecule has 0 heterocycles. The number of benzene rings is 2. The Bertz CT molecular complexity index is 760. The predicted octanol–water partition coefficient (Wildman–Crippen LogP) is 3.77. The van der Waals surface area contributed by atoms with Gasteiger partial charge in [0.2, 0.25) is 0 Å². The van der Waals surface area contributed by atoms with Gasteiger partial charge in [-0.25, -0.2) is 5.43 Å². The van der Waals surface area contributed by atoms with Crippen molar-refractivity contribution in [3.63, 3.8) is 0 Å². The summed E-state index contributed by atoms with van der Waals surface area (Å²) >= 11 is 0. The van der Waals surface area contributed by atoms with Gasteiger partial charge in [0.05, 0.1) is 20.4 Å². The summed E-state index contributed by atoms with van der Waals surface area (Å²) in [5, 5.41) is 4.00. The van der Waals surface area contributed by atoms with Crippen LogP contribution in [0.5, 0.6) is 11.5 Å². The van der Waals surface area contributed by atoms with Crippen molar-refractivity contribution >= 4 is 12.1 Å². The van der Waals surface area contributed by atoms with E-state index in [1.54, 1.807) is 32.6 Å². The Kier molecular flexibility index (Phi) is 5.80. The number of amides is 1. The number of carbonyl (C=O) groups excluding carboxylic acids is 1. The van der Waals surface area contributed by atoms with Gasteiger partial charge in [0.25, 0.3) is 5.91 Å². The number of hydrogen-bond donors (Lipinski definition) is 1. The molecule has 1 N–H and O–H groups in total. The van der Waals surface area contributed by atoms with Gasteiger partial charge in [0.15, 0.2) is 11.5 Å². The number of hydrazone groups is 1. The molecule has 0 radical (unpaired) electrons. The summed E-state index contributed by atoms with van der Waals surface area (Å²) in [5.74, 6) is 0.996. The lowest BCUT2D eigenvalue weighted by atomic mass is 9.87. The third-order valence-corrected chi connectivity index (χ3v) is 3.80. The standard InChI is InChI=1S/C20H24N2O3/c1-20(2,3)16-9-7-15(8-10-16)19(23)22-21-13-14-6-11-17(24-4)18(12-14)25-5/h6-13H,1-5H3,(H,22,23). The number of ether oxygens (including phenoxy) is 2. The Morgan fingerprint density at radius 3 is 2.20 bits per heavy atom. The van der Waals surface area contributed by atoms with Crippen molar-refractivity contribution in [3.8, 4) is 11.5 Å². The topological polar surface area (TPSA) is 59.9 Å². The smallest absolute Gasteiger partial charge is 0.271 e. The molecular weight excluding hydrogens is 316 g/mol. The first kappa shape index (κ1) is 18.5. The zero-order valence-electron chi connectivity index (χ0n) is 15.3. The Morgan fingerprint density at radius 1 is 1.00 bits per heavy atom. The molecule has 0 aliphatic heterocycles. The van der Waals surface area contributed by atoms with Crippen molar-refractivity contribution in [1.29, 1.82) is 0 Å². The van der Waals surface area contributed by atoms with E-state index in [4.69, 9.17) is 9.47 Å². The van der Waals surface area contributed by atoms with Crippen molar-refractivity contribution in [3.05, 3.63) is 59.2 Å². The van der Waals surface area contributed by atoms with E-state index in [1.807, 2.05) is 30.3 Å². The van der Waals surface area contributed by atoms with Crippen LogP contribution in [0.4, 0.5) is 0 Å². The van der Waals surface area contributed by atoms with Crippen molar-refractivity contribution in [2.75, 3.05) is 14.2 Å². The summed E-state index contributed by atoms with van der Waals surface area (Å²) in [6, 6.07) is 12.9. The molecule has 0 aliphatic rings. The van der Waals surface area contributed by atoms with E-state index in [-0.39, 0.29) is 11.3 Å². The van der Waals surface area contributed by atoms with Gasteiger partial charge in [-0.05, 0) is 46.9 Å². The maximum absolute atomic E-state index is 12.1. The molecule has 0 aliphatic carbocycles. The van der Waals surface area contributed by atoms with E-state index >= 15 is 0 Å². The molecule has 0 unspecified atom stereocenters. The summed E-state index contributed by atoms with van der Waals surface area (Å²) in [6.45, 7) is 6.40. The Morgan fingerprint density at radius 2 is 1.64 bits per heavy atom. The van der Waals surface area contributed by atoms with Crippen LogP contribution in [0.15, 0.2) is 47.6 Å². The van der Waals surface area contributed by atoms with Crippen LogP contribution in [0.1, 0.15) is 42.3 Å². The lowest BCUT2D eigenvalue weighted by Crippen LogP contribution is -2.18. The zero-order chi connectivity index (χ0) is 18.4. The van der Waals surface area contributed by atoms with Gasteiger partial charge in [-0.3, -0.25) is 4.79 Å². The second kappa shape index (κ2) is 7.83. The summed E-state index contributed by atoms with van der Waals surface area (Å²) in [4.78, 5) is 12.1. The Balaban J connectivity index is 2.03. The lowest BCUT2D eigenvalue weighted by molar-refractivity contribution is 0.0955. The van der Waals surface area contributed by atoms with Gasteiger partial charge >= 0.3 is 0 Å². The molecule has 5 nitrogen and oxygen atoms in total. The van der Waals surface area contributed by atoms with E-state index in [0.29, 0.717) is 17.1 Å². The molecule has 0 aromatic heterocycles. The van der Waals surface area contributed by atoms with Crippen molar-refractivity contribution in [2.24, 2.45) is 5.10 Å². The first-order chi connectivity index (χ1) is 11.8. The highest BCUT2D eigenvalue weighted by molar-refractivity contribution is 5.95. The van der Waals surface area contributed by atoms with E-state index in [1.165, 1.54) is 5.56 Å². The molecule has 2 rings (SSSR count). The second-order valence-electron chi connectivity index (χ2n) is 6.64. The van der Waals surface area contributed by atoms with Crippen LogP contribution < -0.4 is 14.9 Å². The largest absolute Gasteiger partial charge is 0.493 e. The molecule has 25 heavy (non-hydrogen) atoms. The van der Waals surface area contributed by atoms with Gasteiger partial charge < -0.3 is 9.47 Å². The first-order valence-electron chi connectivity index (χ1n) is 8.01. The molecule has 5 heteroatoms. The van der Waals surface area contributed by atoms with Gasteiger partial charge in [0, 0.05) is 5.56 Å². The van der Waals surface area contributed by atoms with E-state index in [0.717, 1.165) is 5.56 Å². The number of methoxy groups -OCH3 is 2. The summed E-state index contributed by atoms with van der Waals surface area (Å²) in [5.41, 5.74) is 5.12. The number of hydrogen-bond acceptors (Lipinski definition) is 4. The minimum atomic E-state index is -0.253. The van der Waals surface area contributed by atoms with Gasteiger partial charge in [-0.15, -0.1) is 0 Å². The Hall–Kier alpha value is -2.82. The molecule has 2 aromatic rings. The predicted molar refractivity (Wildman–Crippen MR) is 99.7 cm³/mol. The second-order valence-corrected chi connectivity index (χ2v) is 6.64. The molecule has 132 valence electrons. The normalized spacial score (nSPS) is 11.4. The van der Waals surface area contributed by atoms with Crippen LogP contribution in [-0.4, -0.2) is 26.3 Å². The van der Waals surface area contributed by atoms with Crippen LogP contribution in [0.2, 0.25) is 0 Å². The molecule has 0 spiro atoms. The summed E-state index contributed by atoms with van der Waals surface area (Å²) < 4.78 is 10.4. The van der Waals surface area contributed by atoms with Crippen LogP contribution in [-0.2, 0) is 5.41 Å². The van der Waals surface area contributed by atoms with Gasteiger partial charge in [-0.2, -0.15) is 5.10 Å². The van der Waals surface area contributed by atoms with Crippen molar-refractivity contribution < 1.29 is 14.3 Å². The molecule has 2 aromatic carbocycles. The highest BCUT2D eigenvalue weighted by Crippen LogP contribution is 2.26. The third kappa shape index (κ3) is 4.83. The third-order valence-electron chi connectivity index (χ3n) is 3.80. The monoisotopic (exact) mass is 340 g/mol. The summed E-state index contributed by atoms with van der Waals surface area (Å²) in [7, 11) is 3.15. The maximum Gasteiger partial charge on any atom is 0.271 e. The van der Waals surface area contributed by atoms with E-state index in [9.17, 15) is 4.79 Å². The minimum Gasteiger partial charge on any atom is -0.493 e. The van der Waals surface area contributed by atoms with Crippen molar-refractivity contribution in [2.45, 2.75) is 26.2 Å². The van der Waals surface area contributed by atoms with Gasteiger partial charge in [-0.1, -0.05) is 32.9 Å². The molecule has 0 saturated heterocycles. The highest BCUT2D eigenvalue weighted by atomic mass is 16.5. The number of carbonyl (C=O) groups is 1. The first-order valence-corrected chi connectivity index (χ1v) is 8.01. The average molecular weight is 340 g/mol. The molecule has 1 amide bonds. The quantitative estimate of drug-likeness (QED) is 0.666. The lowest BCUT2D eigenvalue weighted by Gasteiger charge is -2.18. The van der Waals surface area contributed by atoms with Crippen LogP contribution in [0, 0.1) is 0 Å². The van der Waals surface area contributed by atoms with E-state index < -0.39 is 0 Å². The average Bonchev–Trinajstić information content (AvgIpc) is 2.60. The van der Waals surface area contributed by atoms with E-state index in [2.05, 4.69) is 31.3 Å². The van der Waals surface area contributed by atoms with Crippen LogP contribution >= 0.6 is 0 Å². The minimum absolute atomic E-state index is 0.0561. The highest BCUT2D eigenvalue weighted by Gasteiger charge is 2.14. The molecule has 0 atom stereocenters. The number of nitrogens with zero attached hydrogens (tertiary/aromatic N) is 1. The Labute approximate surface area is 148 Å². The molecule has 0 bridgehead atoms.